The Morgan fingerprint density at radius 2 is 1.36 bits per heavy atom. The number of nitro groups is 1. The highest BCUT2D eigenvalue weighted by molar-refractivity contribution is 6.23. The summed E-state index contributed by atoms with van der Waals surface area (Å²) in [5, 5.41) is 13.7. The van der Waals surface area contributed by atoms with Gasteiger partial charge in [0.15, 0.2) is 6.61 Å². The average Bonchev–Trinajstić information content (AvgIpc) is 3.33. The fourth-order valence-electron chi connectivity index (χ4n) is 6.98. The Bertz CT molecular complexity index is 1810. The van der Waals surface area contributed by atoms with Crippen LogP contribution in [0.15, 0.2) is 91.0 Å². The second-order valence-electron chi connectivity index (χ2n) is 11.1. The summed E-state index contributed by atoms with van der Waals surface area (Å²) in [4.78, 5) is 64.9. The van der Waals surface area contributed by atoms with Crippen LogP contribution in [0.1, 0.15) is 44.4 Å². The predicted molar refractivity (Wildman–Crippen MR) is 161 cm³/mol. The monoisotopic (exact) mass is 603 g/mol. The van der Waals surface area contributed by atoms with Crippen LogP contribution in [0.5, 0.6) is 5.75 Å². The van der Waals surface area contributed by atoms with Crippen LogP contribution in [0.25, 0.3) is 0 Å². The van der Waals surface area contributed by atoms with E-state index < -0.39 is 35.2 Å². The molecule has 4 aromatic carbocycles. The number of benzene rings is 4. The molecule has 224 valence electrons. The molecular formula is C34H25N3O8. The number of nitrogens with zero attached hydrogens (tertiary/aromatic N) is 2. The Morgan fingerprint density at radius 1 is 0.822 bits per heavy atom. The molecule has 0 aromatic heterocycles. The van der Waals surface area contributed by atoms with Crippen LogP contribution in [-0.2, 0) is 19.1 Å². The molecule has 0 spiro atoms. The number of ether oxygens (including phenoxy) is 2. The number of carbonyl (C=O) groups is 4. The third-order valence-electron chi connectivity index (χ3n) is 8.82. The number of carbonyl (C=O) groups excluding carboxylic acids is 4. The van der Waals surface area contributed by atoms with Crippen LogP contribution in [0.4, 0.5) is 17.1 Å². The molecule has 0 unspecified atom stereocenters. The SMILES string of the molecule is COc1ccc([N+](=O)[O-])c(NC(=O)COC(=O)c2ccc(N3C(=O)[C@@H]4C5c6ccccc6C(c6ccccc65)[C@H]4C3=O)cc2)c1. The topological polar surface area (TPSA) is 145 Å². The van der Waals surface area contributed by atoms with Crippen LogP contribution >= 0.6 is 0 Å². The van der Waals surface area contributed by atoms with Gasteiger partial charge in [-0.05, 0) is 52.6 Å². The Morgan fingerprint density at radius 3 is 1.84 bits per heavy atom. The van der Waals surface area contributed by atoms with E-state index in [1.807, 2.05) is 48.5 Å². The number of nitro benzene ring substituents is 1. The minimum atomic E-state index is -0.825. The minimum absolute atomic E-state index is 0.0929. The van der Waals surface area contributed by atoms with Gasteiger partial charge >= 0.3 is 5.97 Å². The third kappa shape index (κ3) is 4.43. The second-order valence-corrected chi connectivity index (χ2v) is 11.1. The first kappa shape index (κ1) is 28.0. The van der Waals surface area contributed by atoms with Crippen molar-refractivity contribution >= 4 is 40.8 Å². The van der Waals surface area contributed by atoms with E-state index in [9.17, 15) is 29.3 Å². The molecule has 8 rings (SSSR count). The van der Waals surface area contributed by atoms with E-state index >= 15 is 0 Å². The van der Waals surface area contributed by atoms with Gasteiger partial charge in [-0.15, -0.1) is 0 Å². The molecule has 1 N–H and O–H groups in total. The molecule has 11 heteroatoms. The Labute approximate surface area is 256 Å². The zero-order chi connectivity index (χ0) is 31.4. The van der Waals surface area contributed by atoms with Gasteiger partial charge in [0.2, 0.25) is 11.8 Å². The summed E-state index contributed by atoms with van der Waals surface area (Å²) in [5.41, 5.74) is 4.29. The second kappa shape index (κ2) is 10.7. The number of hydrogen-bond acceptors (Lipinski definition) is 8. The highest BCUT2D eigenvalue weighted by atomic mass is 16.6. The van der Waals surface area contributed by atoms with E-state index in [-0.39, 0.29) is 40.6 Å². The summed E-state index contributed by atoms with van der Waals surface area (Å²) in [7, 11) is 1.38. The van der Waals surface area contributed by atoms with Crippen molar-refractivity contribution in [2.75, 3.05) is 23.9 Å². The van der Waals surface area contributed by atoms with Gasteiger partial charge in [-0.1, -0.05) is 48.5 Å². The molecule has 45 heavy (non-hydrogen) atoms. The number of nitrogens with one attached hydrogen (secondary N) is 1. The Balaban J connectivity index is 1.07. The summed E-state index contributed by atoms with van der Waals surface area (Å²) in [5.74, 6) is -3.39. The van der Waals surface area contributed by atoms with Crippen LogP contribution in [0.3, 0.4) is 0 Å². The molecule has 0 saturated carbocycles. The van der Waals surface area contributed by atoms with E-state index in [4.69, 9.17) is 9.47 Å². The number of anilines is 2. The van der Waals surface area contributed by atoms with Gasteiger partial charge < -0.3 is 14.8 Å². The van der Waals surface area contributed by atoms with E-state index in [2.05, 4.69) is 5.32 Å². The van der Waals surface area contributed by atoms with Crippen molar-refractivity contribution in [3.63, 3.8) is 0 Å². The molecule has 0 radical (unpaired) electrons. The van der Waals surface area contributed by atoms with Crippen LogP contribution < -0.4 is 15.0 Å². The van der Waals surface area contributed by atoms with E-state index in [1.54, 1.807) is 0 Å². The number of imide groups is 1. The molecule has 2 atom stereocenters. The lowest BCUT2D eigenvalue weighted by Gasteiger charge is -2.45. The Kier molecular flexibility index (Phi) is 6.65. The van der Waals surface area contributed by atoms with E-state index in [0.717, 1.165) is 22.3 Å². The molecule has 1 fully saturated rings. The molecule has 1 saturated heterocycles. The molecule has 2 bridgehead atoms. The number of esters is 1. The number of rotatable bonds is 7. The van der Waals surface area contributed by atoms with Gasteiger partial charge in [-0.2, -0.15) is 0 Å². The minimum Gasteiger partial charge on any atom is -0.497 e. The van der Waals surface area contributed by atoms with Crippen molar-refractivity contribution in [3.05, 3.63) is 129 Å². The summed E-state index contributed by atoms with van der Waals surface area (Å²) < 4.78 is 10.2. The predicted octanol–water partition coefficient (Wildman–Crippen LogP) is 4.80. The first-order valence-electron chi connectivity index (χ1n) is 14.2. The number of hydrogen-bond donors (Lipinski definition) is 1. The maximum Gasteiger partial charge on any atom is 0.338 e. The smallest absolute Gasteiger partial charge is 0.338 e. The van der Waals surface area contributed by atoms with Gasteiger partial charge in [0.1, 0.15) is 11.4 Å². The van der Waals surface area contributed by atoms with Crippen molar-refractivity contribution in [1.29, 1.82) is 0 Å². The van der Waals surface area contributed by atoms with Crippen molar-refractivity contribution < 1.29 is 33.6 Å². The van der Waals surface area contributed by atoms with Gasteiger partial charge in [0.05, 0.1) is 35.1 Å². The van der Waals surface area contributed by atoms with Gasteiger partial charge in [-0.3, -0.25) is 24.5 Å². The molecule has 4 aliphatic rings. The van der Waals surface area contributed by atoms with Gasteiger partial charge in [0, 0.05) is 24.0 Å². The van der Waals surface area contributed by atoms with Crippen molar-refractivity contribution in [1.82, 2.24) is 0 Å². The average molecular weight is 604 g/mol. The van der Waals surface area contributed by atoms with E-state index in [1.165, 1.54) is 54.5 Å². The quantitative estimate of drug-likeness (QED) is 0.137. The summed E-state index contributed by atoms with van der Waals surface area (Å²) in [6.07, 6.45) is 0. The lowest BCUT2D eigenvalue weighted by atomic mass is 9.55. The first-order chi connectivity index (χ1) is 21.8. The Hall–Kier alpha value is -5.84. The molecule has 1 aliphatic heterocycles. The third-order valence-corrected chi connectivity index (χ3v) is 8.82. The molecule has 3 amide bonds. The van der Waals surface area contributed by atoms with Crippen LogP contribution in [-0.4, -0.2) is 42.3 Å². The van der Waals surface area contributed by atoms with Crippen LogP contribution in [0, 0.1) is 22.0 Å². The fraction of sp³-hybridized carbons (Fsp3) is 0.176. The number of methoxy groups -OCH3 is 1. The number of amides is 3. The molecule has 3 aliphatic carbocycles. The molecule has 1 heterocycles. The zero-order valence-corrected chi connectivity index (χ0v) is 23.8. The highest BCUT2D eigenvalue weighted by Crippen LogP contribution is 2.61. The summed E-state index contributed by atoms with van der Waals surface area (Å²) in [6.45, 7) is -0.703. The fourth-order valence-corrected chi connectivity index (χ4v) is 6.98. The van der Waals surface area contributed by atoms with Crippen molar-refractivity contribution in [3.8, 4) is 5.75 Å². The molecule has 11 nitrogen and oxygen atoms in total. The zero-order valence-electron chi connectivity index (χ0n) is 23.8. The summed E-state index contributed by atoms with van der Waals surface area (Å²) in [6, 6.07) is 25.7. The first-order valence-corrected chi connectivity index (χ1v) is 14.2. The van der Waals surface area contributed by atoms with Gasteiger partial charge in [-0.25, -0.2) is 9.69 Å². The summed E-state index contributed by atoms with van der Waals surface area (Å²) >= 11 is 0. The maximum absolute atomic E-state index is 13.9. The van der Waals surface area contributed by atoms with Crippen LogP contribution in [0.2, 0.25) is 0 Å². The maximum atomic E-state index is 13.9. The lowest BCUT2D eigenvalue weighted by molar-refractivity contribution is -0.383. The standard InChI is InChI=1S/C34H25N3O8/c1-44-20-14-15-26(37(42)43)25(16-20)35-27(38)17-45-34(41)18-10-12-19(13-11-18)36-32(39)30-28-21-6-2-3-7-22(21)29(31(30)33(36)40)24-9-5-4-8-23(24)28/h2-16,28-31H,17H2,1H3,(H,35,38)/t28?,29?,30-,31-/m1/s1. The lowest BCUT2D eigenvalue weighted by Crippen LogP contribution is -2.41. The normalized spacial score (nSPS) is 20.6. The van der Waals surface area contributed by atoms with E-state index in [0.29, 0.717) is 11.4 Å². The van der Waals surface area contributed by atoms with Crippen molar-refractivity contribution in [2.45, 2.75) is 11.8 Å². The highest BCUT2D eigenvalue weighted by Gasteiger charge is 2.61. The largest absolute Gasteiger partial charge is 0.497 e. The van der Waals surface area contributed by atoms with Gasteiger partial charge in [0.25, 0.3) is 11.6 Å². The molecule has 4 aromatic rings. The van der Waals surface area contributed by atoms with Crippen molar-refractivity contribution in [2.24, 2.45) is 11.8 Å². The molecular weight excluding hydrogens is 578 g/mol.